The van der Waals surface area contributed by atoms with Crippen molar-refractivity contribution >= 4 is 11.5 Å². The summed E-state index contributed by atoms with van der Waals surface area (Å²) in [6, 6.07) is 6.26. The Morgan fingerprint density at radius 3 is 2.72 bits per heavy atom. The summed E-state index contributed by atoms with van der Waals surface area (Å²) in [5.74, 6) is 1.98. The van der Waals surface area contributed by atoms with Gasteiger partial charge in [0.25, 0.3) is 0 Å². The first-order valence-electron chi connectivity index (χ1n) is 9.84. The van der Waals surface area contributed by atoms with Crippen molar-refractivity contribution in [2.45, 2.75) is 25.2 Å². The maximum Gasteiger partial charge on any atom is 0.247 e. The largest absolute Gasteiger partial charge is 0.420 e. The van der Waals surface area contributed by atoms with Gasteiger partial charge in [0.05, 0.1) is 0 Å². The number of hydrogen-bond acceptors (Lipinski definition) is 6. The van der Waals surface area contributed by atoms with E-state index in [0.717, 1.165) is 43.8 Å². The molecule has 1 saturated heterocycles. The Hall–Kier alpha value is -3.29. The van der Waals surface area contributed by atoms with E-state index in [1.54, 1.807) is 18.3 Å². The minimum atomic E-state index is -0.307. The quantitative estimate of drug-likeness (QED) is 0.531. The highest BCUT2D eigenvalue weighted by Gasteiger charge is 2.58. The Kier molecular flexibility index (Phi) is 3.50. The molecule has 1 atom stereocenters. The van der Waals surface area contributed by atoms with Crippen molar-refractivity contribution in [1.82, 2.24) is 24.6 Å². The summed E-state index contributed by atoms with van der Waals surface area (Å²) in [6.45, 7) is 1.86. The summed E-state index contributed by atoms with van der Waals surface area (Å²) < 4.78 is 21.4. The molecular weight excluding hydrogens is 371 g/mol. The minimum Gasteiger partial charge on any atom is -0.420 e. The van der Waals surface area contributed by atoms with E-state index < -0.39 is 0 Å². The summed E-state index contributed by atoms with van der Waals surface area (Å²) >= 11 is 0. The fraction of sp³-hybridized carbons (Fsp3) is 0.333. The maximum atomic E-state index is 13.5. The molecule has 1 spiro atoms. The molecule has 0 N–H and O–H groups in total. The molecule has 0 radical (unpaired) electrons. The number of nitrogens with zero attached hydrogens (tertiary/aromatic N) is 6. The molecule has 4 aromatic rings. The first kappa shape index (κ1) is 16.6. The minimum absolute atomic E-state index is 0.225. The van der Waals surface area contributed by atoms with Gasteiger partial charge in [0.2, 0.25) is 11.8 Å². The van der Waals surface area contributed by atoms with E-state index in [-0.39, 0.29) is 17.2 Å². The topological polar surface area (TPSA) is 72.4 Å². The van der Waals surface area contributed by atoms with Crippen LogP contribution in [0.25, 0.3) is 17.1 Å². The zero-order valence-corrected chi connectivity index (χ0v) is 15.7. The summed E-state index contributed by atoms with van der Waals surface area (Å²) in [6.07, 6.45) is 10.6. The molecule has 8 heteroatoms. The number of benzene rings is 1. The molecule has 29 heavy (non-hydrogen) atoms. The van der Waals surface area contributed by atoms with Crippen LogP contribution in [0.15, 0.2) is 53.5 Å². The number of hydrogen-bond donors (Lipinski definition) is 0. The molecule has 1 aromatic carbocycles. The summed E-state index contributed by atoms with van der Waals surface area (Å²) in [7, 11) is 0. The number of fused-ring (bicyclic) bond motifs is 1. The number of imidazole rings is 1. The van der Waals surface area contributed by atoms with E-state index in [2.05, 4.69) is 25.1 Å². The maximum absolute atomic E-state index is 13.5. The Morgan fingerprint density at radius 2 is 1.90 bits per heavy atom. The van der Waals surface area contributed by atoms with Crippen molar-refractivity contribution in [3.8, 4) is 11.5 Å². The van der Waals surface area contributed by atoms with Gasteiger partial charge in [-0.05, 0) is 42.9 Å². The van der Waals surface area contributed by atoms with Gasteiger partial charge in [0.1, 0.15) is 5.82 Å². The number of rotatable bonds is 3. The lowest BCUT2D eigenvalue weighted by Gasteiger charge is -2.33. The highest BCUT2D eigenvalue weighted by Crippen LogP contribution is 2.64. The number of piperidine rings is 1. The normalized spacial score (nSPS) is 20.4. The predicted molar refractivity (Wildman–Crippen MR) is 104 cm³/mol. The van der Waals surface area contributed by atoms with Crippen LogP contribution < -0.4 is 4.90 Å². The third kappa shape index (κ3) is 2.70. The summed E-state index contributed by atoms with van der Waals surface area (Å²) in [5, 5.41) is 8.41. The summed E-state index contributed by atoms with van der Waals surface area (Å²) in [5.41, 5.74) is 1.74. The Labute approximate surface area is 166 Å². The highest BCUT2D eigenvalue weighted by atomic mass is 19.1. The lowest BCUT2D eigenvalue weighted by Crippen LogP contribution is -2.36. The third-order valence-corrected chi connectivity index (χ3v) is 6.35. The van der Waals surface area contributed by atoms with E-state index in [4.69, 9.17) is 4.42 Å². The highest BCUT2D eigenvalue weighted by molar-refractivity contribution is 5.64. The van der Waals surface area contributed by atoms with Gasteiger partial charge in [0.15, 0.2) is 11.5 Å². The van der Waals surface area contributed by atoms with Gasteiger partial charge in [-0.15, -0.1) is 10.2 Å². The average molecular weight is 390 g/mol. The van der Waals surface area contributed by atoms with Gasteiger partial charge in [-0.25, -0.2) is 14.4 Å². The molecule has 1 aliphatic carbocycles. The van der Waals surface area contributed by atoms with Gasteiger partial charge in [0, 0.05) is 49.4 Å². The molecule has 0 bridgehead atoms. The second-order valence-corrected chi connectivity index (χ2v) is 7.97. The SMILES string of the molecule is Fc1cccc(-c2nnc(C3CC34CCN(c3nccn5ccnc35)CC4)o2)c1. The van der Waals surface area contributed by atoms with Crippen LogP contribution in [0.1, 0.15) is 31.1 Å². The van der Waals surface area contributed by atoms with E-state index >= 15 is 0 Å². The van der Waals surface area contributed by atoms with Crippen LogP contribution >= 0.6 is 0 Å². The van der Waals surface area contributed by atoms with Crippen molar-refractivity contribution in [2.75, 3.05) is 18.0 Å². The van der Waals surface area contributed by atoms with Crippen LogP contribution in [0.2, 0.25) is 0 Å². The molecule has 2 aliphatic rings. The molecular formula is C21H19FN6O. The summed E-state index contributed by atoms with van der Waals surface area (Å²) in [4.78, 5) is 11.3. The molecule has 1 unspecified atom stereocenters. The number of anilines is 1. The van der Waals surface area contributed by atoms with Gasteiger partial charge < -0.3 is 13.7 Å². The van der Waals surface area contributed by atoms with Crippen LogP contribution in [0.5, 0.6) is 0 Å². The van der Waals surface area contributed by atoms with Gasteiger partial charge in [-0.1, -0.05) is 6.07 Å². The van der Waals surface area contributed by atoms with Crippen molar-refractivity contribution in [3.05, 3.63) is 60.8 Å². The van der Waals surface area contributed by atoms with Crippen LogP contribution in [0.4, 0.5) is 10.2 Å². The third-order valence-electron chi connectivity index (χ3n) is 6.35. The average Bonchev–Trinajstić information content (AvgIpc) is 3.13. The zero-order chi connectivity index (χ0) is 19.4. The van der Waals surface area contributed by atoms with Crippen LogP contribution in [0.3, 0.4) is 0 Å². The first-order valence-corrected chi connectivity index (χ1v) is 9.84. The molecule has 6 rings (SSSR count). The lowest BCUT2D eigenvalue weighted by molar-refractivity contribution is 0.352. The Bertz CT molecular complexity index is 1190. The van der Waals surface area contributed by atoms with Crippen molar-refractivity contribution in [1.29, 1.82) is 0 Å². The molecule has 1 aliphatic heterocycles. The van der Waals surface area contributed by atoms with Crippen molar-refractivity contribution in [2.24, 2.45) is 5.41 Å². The fourth-order valence-corrected chi connectivity index (χ4v) is 4.59. The lowest BCUT2D eigenvalue weighted by atomic mass is 9.91. The van der Waals surface area contributed by atoms with Gasteiger partial charge in [-0.2, -0.15) is 0 Å². The molecule has 4 heterocycles. The van der Waals surface area contributed by atoms with E-state index in [0.29, 0.717) is 17.3 Å². The first-order chi connectivity index (χ1) is 14.2. The van der Waals surface area contributed by atoms with E-state index in [1.807, 2.05) is 23.0 Å². The van der Waals surface area contributed by atoms with Gasteiger partial charge >= 0.3 is 0 Å². The second kappa shape index (κ2) is 6.10. The van der Waals surface area contributed by atoms with E-state index in [9.17, 15) is 4.39 Å². The van der Waals surface area contributed by atoms with Crippen LogP contribution in [-0.2, 0) is 0 Å². The smallest absolute Gasteiger partial charge is 0.247 e. The molecule has 3 aromatic heterocycles. The monoisotopic (exact) mass is 390 g/mol. The molecule has 146 valence electrons. The predicted octanol–water partition coefficient (Wildman–Crippen LogP) is 3.69. The van der Waals surface area contributed by atoms with Crippen molar-refractivity contribution in [3.63, 3.8) is 0 Å². The second-order valence-electron chi connectivity index (χ2n) is 7.97. The molecule has 7 nitrogen and oxygen atoms in total. The fourth-order valence-electron chi connectivity index (χ4n) is 4.59. The molecule has 0 amide bonds. The van der Waals surface area contributed by atoms with Crippen LogP contribution in [0, 0.1) is 11.2 Å². The van der Waals surface area contributed by atoms with E-state index in [1.165, 1.54) is 12.1 Å². The van der Waals surface area contributed by atoms with Gasteiger partial charge in [-0.3, -0.25) is 0 Å². The van der Waals surface area contributed by atoms with Crippen LogP contribution in [-0.4, -0.2) is 37.7 Å². The Morgan fingerprint density at radius 1 is 1.07 bits per heavy atom. The molecule has 1 saturated carbocycles. The number of aromatic nitrogens is 5. The number of halogens is 1. The van der Waals surface area contributed by atoms with Crippen molar-refractivity contribution < 1.29 is 8.81 Å². The standard InChI is InChI=1S/C21H19FN6O/c22-15-3-1-2-14(12-15)19-25-26-20(29-19)16-13-21(16)4-8-27(9-5-21)17-18-24-7-11-28(18)10-6-23-17/h1-3,6-7,10-12,16H,4-5,8-9,13H2. The zero-order valence-electron chi connectivity index (χ0n) is 15.7. The molecule has 2 fully saturated rings. The Balaban J connectivity index is 1.18.